The number of anilines is 3. The largest absolute Gasteiger partial charge is 0.478 e. The van der Waals surface area contributed by atoms with E-state index in [2.05, 4.69) is 5.32 Å². The quantitative estimate of drug-likeness (QED) is 0.745. The van der Waals surface area contributed by atoms with Crippen molar-refractivity contribution in [2.45, 2.75) is 0 Å². The molecule has 0 aliphatic rings. The maximum absolute atomic E-state index is 13.2. The summed E-state index contributed by atoms with van der Waals surface area (Å²) in [4.78, 5) is 10.8. The van der Waals surface area contributed by atoms with Crippen LogP contribution in [0.15, 0.2) is 36.4 Å². The lowest BCUT2D eigenvalue weighted by Crippen LogP contribution is -2.03. The van der Waals surface area contributed by atoms with Gasteiger partial charge in [0.05, 0.1) is 11.1 Å². The van der Waals surface area contributed by atoms with Gasteiger partial charge in [0.25, 0.3) is 0 Å². The maximum atomic E-state index is 13.2. The second kappa shape index (κ2) is 5.28. The molecule has 0 bridgehead atoms. The SMILES string of the molecule is N#Cc1cc(Nc2ccc(C(=O)O)c(N)c2)ccc1F. The van der Waals surface area contributed by atoms with Crippen LogP contribution in [0.25, 0.3) is 0 Å². The van der Waals surface area contributed by atoms with Crippen molar-refractivity contribution >= 4 is 23.0 Å². The first-order chi connectivity index (χ1) is 9.51. The Bertz CT molecular complexity index is 723. The van der Waals surface area contributed by atoms with Crippen LogP contribution in [-0.2, 0) is 0 Å². The van der Waals surface area contributed by atoms with Crippen molar-refractivity contribution < 1.29 is 14.3 Å². The van der Waals surface area contributed by atoms with E-state index < -0.39 is 11.8 Å². The van der Waals surface area contributed by atoms with Crippen LogP contribution in [0.5, 0.6) is 0 Å². The minimum Gasteiger partial charge on any atom is -0.478 e. The van der Waals surface area contributed by atoms with Crippen LogP contribution >= 0.6 is 0 Å². The minimum absolute atomic E-state index is 0.00682. The van der Waals surface area contributed by atoms with Gasteiger partial charge in [-0.3, -0.25) is 0 Å². The van der Waals surface area contributed by atoms with Crippen LogP contribution in [0.1, 0.15) is 15.9 Å². The second-order valence-electron chi connectivity index (χ2n) is 4.04. The van der Waals surface area contributed by atoms with Crippen molar-refractivity contribution in [3.8, 4) is 6.07 Å². The Morgan fingerprint density at radius 1 is 1.25 bits per heavy atom. The molecule has 0 saturated carbocycles. The van der Waals surface area contributed by atoms with E-state index in [0.29, 0.717) is 11.4 Å². The molecule has 0 spiro atoms. The Hall–Kier alpha value is -3.07. The number of hydrogen-bond donors (Lipinski definition) is 3. The van der Waals surface area contributed by atoms with Gasteiger partial charge in [0.1, 0.15) is 11.9 Å². The predicted octanol–water partition coefficient (Wildman–Crippen LogP) is 2.72. The molecule has 6 heteroatoms. The molecule has 0 radical (unpaired) electrons. The highest BCUT2D eigenvalue weighted by Gasteiger charge is 2.08. The zero-order chi connectivity index (χ0) is 14.7. The molecule has 0 aliphatic heterocycles. The Morgan fingerprint density at radius 3 is 2.50 bits per heavy atom. The van der Waals surface area contributed by atoms with Crippen LogP contribution in [0.4, 0.5) is 21.5 Å². The first-order valence-electron chi connectivity index (χ1n) is 5.61. The van der Waals surface area contributed by atoms with E-state index in [1.807, 2.05) is 0 Å². The summed E-state index contributed by atoms with van der Waals surface area (Å²) >= 11 is 0. The van der Waals surface area contributed by atoms with Crippen LogP contribution in [0.3, 0.4) is 0 Å². The molecule has 2 aromatic rings. The molecule has 0 unspecified atom stereocenters. The third-order valence-electron chi connectivity index (χ3n) is 2.66. The third kappa shape index (κ3) is 2.67. The normalized spacial score (nSPS) is 9.80. The van der Waals surface area contributed by atoms with Gasteiger partial charge >= 0.3 is 5.97 Å². The number of carboxylic acid groups (broad SMARTS) is 1. The van der Waals surface area contributed by atoms with Crippen molar-refractivity contribution in [2.75, 3.05) is 11.1 Å². The van der Waals surface area contributed by atoms with E-state index in [1.165, 1.54) is 36.4 Å². The van der Waals surface area contributed by atoms with Crippen molar-refractivity contribution in [3.05, 3.63) is 53.3 Å². The van der Waals surface area contributed by atoms with E-state index >= 15 is 0 Å². The first kappa shape index (κ1) is 13.4. The summed E-state index contributed by atoms with van der Waals surface area (Å²) in [6, 6.07) is 10.1. The lowest BCUT2D eigenvalue weighted by molar-refractivity contribution is 0.0698. The number of aromatic carboxylic acids is 1. The number of nitriles is 1. The molecule has 0 amide bonds. The number of carboxylic acids is 1. The molecule has 0 fully saturated rings. The average Bonchev–Trinajstić information content (AvgIpc) is 2.40. The summed E-state index contributed by atoms with van der Waals surface area (Å²) in [5.74, 6) is -1.71. The molecule has 4 N–H and O–H groups in total. The van der Waals surface area contributed by atoms with Gasteiger partial charge in [0, 0.05) is 17.1 Å². The smallest absolute Gasteiger partial charge is 0.337 e. The van der Waals surface area contributed by atoms with Crippen molar-refractivity contribution in [3.63, 3.8) is 0 Å². The van der Waals surface area contributed by atoms with Crippen molar-refractivity contribution in [1.82, 2.24) is 0 Å². The fourth-order valence-electron chi connectivity index (χ4n) is 1.69. The van der Waals surface area contributed by atoms with E-state index in [-0.39, 0.29) is 16.8 Å². The maximum Gasteiger partial charge on any atom is 0.337 e. The number of nitrogens with two attached hydrogens (primary N) is 1. The first-order valence-corrected chi connectivity index (χ1v) is 5.61. The third-order valence-corrected chi connectivity index (χ3v) is 2.66. The van der Waals surface area contributed by atoms with Crippen molar-refractivity contribution in [1.29, 1.82) is 5.26 Å². The molecule has 2 rings (SSSR count). The van der Waals surface area contributed by atoms with E-state index in [9.17, 15) is 9.18 Å². The molecule has 0 saturated heterocycles. The lowest BCUT2D eigenvalue weighted by atomic mass is 10.1. The predicted molar refractivity (Wildman–Crippen MR) is 72.2 cm³/mol. The molecule has 0 heterocycles. The van der Waals surface area contributed by atoms with Gasteiger partial charge in [-0.2, -0.15) is 5.26 Å². The average molecular weight is 271 g/mol. The Kier molecular flexibility index (Phi) is 3.53. The standard InChI is InChI=1S/C14H10FN3O2/c15-12-4-2-9(5-8(12)7-16)18-10-1-3-11(14(19)20)13(17)6-10/h1-6,18H,17H2,(H,19,20). The highest BCUT2D eigenvalue weighted by atomic mass is 19.1. The number of benzene rings is 2. The van der Waals surface area contributed by atoms with E-state index in [0.717, 1.165) is 0 Å². The topological polar surface area (TPSA) is 99.1 Å². The zero-order valence-electron chi connectivity index (χ0n) is 10.2. The number of halogens is 1. The van der Waals surface area contributed by atoms with Gasteiger partial charge in [-0.15, -0.1) is 0 Å². The van der Waals surface area contributed by atoms with E-state index in [4.69, 9.17) is 16.1 Å². The van der Waals surface area contributed by atoms with Gasteiger partial charge < -0.3 is 16.2 Å². The zero-order valence-corrected chi connectivity index (χ0v) is 10.2. The molecule has 5 nitrogen and oxygen atoms in total. The number of nitrogens with zero attached hydrogens (tertiary/aromatic N) is 1. The Balaban J connectivity index is 2.29. The number of rotatable bonds is 3. The molecular formula is C14H10FN3O2. The summed E-state index contributed by atoms with van der Waals surface area (Å²) in [6.45, 7) is 0. The van der Waals surface area contributed by atoms with Gasteiger partial charge in [-0.1, -0.05) is 0 Å². The van der Waals surface area contributed by atoms with Gasteiger partial charge in [-0.05, 0) is 36.4 Å². The van der Waals surface area contributed by atoms with Crippen LogP contribution in [-0.4, -0.2) is 11.1 Å². The van der Waals surface area contributed by atoms with Crippen LogP contribution in [0.2, 0.25) is 0 Å². The highest BCUT2D eigenvalue weighted by molar-refractivity contribution is 5.94. The van der Waals surface area contributed by atoms with Gasteiger partial charge in [0.15, 0.2) is 0 Å². The fraction of sp³-hybridized carbons (Fsp3) is 0. The number of hydrogen-bond acceptors (Lipinski definition) is 4. The summed E-state index contributed by atoms with van der Waals surface area (Å²) in [5.41, 5.74) is 6.72. The summed E-state index contributed by atoms with van der Waals surface area (Å²) < 4.78 is 13.2. The molecule has 20 heavy (non-hydrogen) atoms. The van der Waals surface area contributed by atoms with Gasteiger partial charge in [-0.25, -0.2) is 9.18 Å². The summed E-state index contributed by atoms with van der Waals surface area (Å²) in [6.07, 6.45) is 0. The van der Waals surface area contributed by atoms with Gasteiger partial charge in [0.2, 0.25) is 0 Å². The summed E-state index contributed by atoms with van der Waals surface area (Å²) in [7, 11) is 0. The van der Waals surface area contributed by atoms with Crippen LogP contribution < -0.4 is 11.1 Å². The number of nitrogens with one attached hydrogen (secondary N) is 1. The lowest BCUT2D eigenvalue weighted by Gasteiger charge is -2.09. The van der Waals surface area contributed by atoms with E-state index in [1.54, 1.807) is 6.07 Å². The molecule has 0 aliphatic carbocycles. The van der Waals surface area contributed by atoms with Crippen molar-refractivity contribution in [2.24, 2.45) is 0 Å². The Morgan fingerprint density at radius 2 is 1.90 bits per heavy atom. The molecule has 2 aromatic carbocycles. The molecule has 100 valence electrons. The van der Waals surface area contributed by atoms with Crippen LogP contribution in [0, 0.1) is 17.1 Å². The fourth-order valence-corrected chi connectivity index (χ4v) is 1.69. The highest BCUT2D eigenvalue weighted by Crippen LogP contribution is 2.23. The number of nitrogen functional groups attached to an aromatic ring is 1. The summed E-state index contributed by atoms with van der Waals surface area (Å²) in [5, 5.41) is 20.5. The molecule has 0 aromatic heterocycles. The number of carbonyl (C=O) groups is 1. The second-order valence-corrected chi connectivity index (χ2v) is 4.04. The minimum atomic E-state index is -1.11. The monoisotopic (exact) mass is 271 g/mol. The molecule has 0 atom stereocenters. The molecular weight excluding hydrogens is 261 g/mol. The Labute approximate surface area is 114 Å².